The van der Waals surface area contributed by atoms with Gasteiger partial charge < -0.3 is 5.32 Å². The lowest BCUT2D eigenvalue weighted by atomic mass is 10.2. The summed E-state index contributed by atoms with van der Waals surface area (Å²) in [6, 6.07) is 11.5. The van der Waals surface area contributed by atoms with Crippen molar-refractivity contribution in [2.75, 3.05) is 11.1 Å². The molecular weight excluding hydrogens is 438 g/mol. The molecule has 0 bridgehead atoms. The molecule has 0 saturated heterocycles. The van der Waals surface area contributed by atoms with E-state index in [2.05, 4.69) is 25.5 Å². The van der Waals surface area contributed by atoms with Crippen molar-refractivity contribution in [3.63, 3.8) is 0 Å². The fraction of sp³-hybridized carbons (Fsp3) is 0.105. The number of benzene rings is 1. The van der Waals surface area contributed by atoms with Crippen molar-refractivity contribution >= 4 is 39.1 Å². The molecule has 1 amide bonds. The molecule has 0 aliphatic carbocycles. The second-order valence-corrected chi connectivity index (χ2v) is 8.22. The highest BCUT2D eigenvalue weighted by atomic mass is 32.2. The van der Waals surface area contributed by atoms with E-state index < -0.39 is 4.92 Å². The van der Waals surface area contributed by atoms with Gasteiger partial charge in [0, 0.05) is 18.0 Å². The average Bonchev–Trinajstić information content (AvgIpc) is 3.40. The van der Waals surface area contributed by atoms with Crippen LogP contribution in [0.5, 0.6) is 0 Å². The SMILES string of the molecule is Cc1ccccc1-n1c(SCC(=O)Nc2ncc([N+](=O)[O-])s2)nnc1-c1cccnc1. The number of nitrogens with one attached hydrogen (secondary N) is 1. The first-order valence-corrected chi connectivity index (χ1v) is 10.8. The van der Waals surface area contributed by atoms with E-state index in [0.29, 0.717) is 11.0 Å². The van der Waals surface area contributed by atoms with E-state index in [-0.39, 0.29) is 21.8 Å². The van der Waals surface area contributed by atoms with Gasteiger partial charge in [-0.1, -0.05) is 30.0 Å². The number of hydrogen-bond acceptors (Lipinski definition) is 9. The van der Waals surface area contributed by atoms with Gasteiger partial charge in [-0.25, -0.2) is 4.98 Å². The van der Waals surface area contributed by atoms with E-state index in [1.54, 1.807) is 12.4 Å². The van der Waals surface area contributed by atoms with Crippen molar-refractivity contribution in [1.82, 2.24) is 24.7 Å². The summed E-state index contributed by atoms with van der Waals surface area (Å²) in [6.45, 7) is 1.98. The molecule has 0 aliphatic rings. The van der Waals surface area contributed by atoms with Crippen molar-refractivity contribution in [3.05, 3.63) is 70.7 Å². The number of aryl methyl sites for hydroxylation is 1. The minimum Gasteiger partial charge on any atom is -0.301 e. The van der Waals surface area contributed by atoms with Crippen molar-refractivity contribution in [1.29, 1.82) is 0 Å². The fourth-order valence-electron chi connectivity index (χ4n) is 2.77. The third-order valence-corrected chi connectivity index (χ3v) is 5.95. The van der Waals surface area contributed by atoms with Crippen molar-refractivity contribution in [2.45, 2.75) is 12.1 Å². The maximum absolute atomic E-state index is 12.4. The van der Waals surface area contributed by atoms with Gasteiger partial charge in [-0.15, -0.1) is 10.2 Å². The van der Waals surface area contributed by atoms with Crippen molar-refractivity contribution in [2.24, 2.45) is 0 Å². The van der Waals surface area contributed by atoms with Crippen molar-refractivity contribution in [3.8, 4) is 17.1 Å². The van der Waals surface area contributed by atoms with E-state index in [0.717, 1.165) is 34.3 Å². The number of nitro groups is 1. The summed E-state index contributed by atoms with van der Waals surface area (Å²) in [5, 5.41) is 22.5. The number of carbonyl (C=O) groups is 1. The zero-order valence-electron chi connectivity index (χ0n) is 16.1. The number of amides is 1. The number of hydrogen-bond donors (Lipinski definition) is 1. The van der Waals surface area contributed by atoms with E-state index >= 15 is 0 Å². The Bertz CT molecular complexity index is 1240. The summed E-state index contributed by atoms with van der Waals surface area (Å²) in [5.41, 5.74) is 2.71. The Hall–Kier alpha value is -3.64. The molecule has 3 heterocycles. The maximum Gasteiger partial charge on any atom is 0.345 e. The number of thioether (sulfide) groups is 1. The highest BCUT2D eigenvalue weighted by molar-refractivity contribution is 7.99. The monoisotopic (exact) mass is 453 g/mol. The number of carbonyl (C=O) groups excluding carboxylic acids is 1. The molecule has 156 valence electrons. The van der Waals surface area contributed by atoms with Gasteiger partial charge in [0.25, 0.3) is 0 Å². The summed E-state index contributed by atoms with van der Waals surface area (Å²) in [7, 11) is 0. The smallest absolute Gasteiger partial charge is 0.301 e. The lowest BCUT2D eigenvalue weighted by Gasteiger charge is -2.12. The number of aromatic nitrogens is 5. The number of nitrogens with zero attached hydrogens (tertiary/aromatic N) is 6. The summed E-state index contributed by atoms with van der Waals surface area (Å²) >= 11 is 2.01. The zero-order chi connectivity index (χ0) is 21.8. The van der Waals surface area contributed by atoms with Crippen LogP contribution in [0.15, 0.2) is 60.1 Å². The molecule has 3 aromatic heterocycles. The Morgan fingerprint density at radius 3 is 2.77 bits per heavy atom. The molecule has 1 aromatic carbocycles. The maximum atomic E-state index is 12.4. The molecule has 0 aliphatic heterocycles. The normalized spacial score (nSPS) is 10.7. The second kappa shape index (κ2) is 9.02. The molecule has 1 N–H and O–H groups in total. The van der Waals surface area contributed by atoms with Gasteiger partial charge in [-0.2, -0.15) is 0 Å². The minimum atomic E-state index is -0.549. The highest BCUT2D eigenvalue weighted by Crippen LogP contribution is 2.30. The van der Waals surface area contributed by atoms with Crippen LogP contribution in [0.3, 0.4) is 0 Å². The lowest BCUT2D eigenvalue weighted by molar-refractivity contribution is -0.380. The van der Waals surface area contributed by atoms with E-state index in [9.17, 15) is 14.9 Å². The molecule has 10 nitrogen and oxygen atoms in total. The predicted molar refractivity (Wildman–Crippen MR) is 117 cm³/mol. The largest absolute Gasteiger partial charge is 0.345 e. The molecule has 0 unspecified atom stereocenters. The first-order valence-electron chi connectivity index (χ1n) is 8.97. The first-order chi connectivity index (χ1) is 15.0. The van der Waals surface area contributed by atoms with Gasteiger partial charge in [0.2, 0.25) is 5.91 Å². The molecule has 4 aromatic rings. The van der Waals surface area contributed by atoms with Crippen LogP contribution >= 0.6 is 23.1 Å². The van der Waals surface area contributed by atoms with Crippen LogP contribution in [-0.2, 0) is 4.79 Å². The Morgan fingerprint density at radius 1 is 1.23 bits per heavy atom. The van der Waals surface area contributed by atoms with E-state index in [4.69, 9.17) is 0 Å². The second-order valence-electron chi connectivity index (χ2n) is 6.27. The van der Waals surface area contributed by atoms with Gasteiger partial charge in [-0.3, -0.25) is 24.5 Å². The third kappa shape index (κ3) is 4.59. The molecule has 4 rings (SSSR count). The Balaban J connectivity index is 1.58. The topological polar surface area (TPSA) is 129 Å². The van der Waals surface area contributed by atoms with Crippen LogP contribution in [-0.4, -0.2) is 41.3 Å². The van der Waals surface area contributed by atoms with Crippen LogP contribution in [0.2, 0.25) is 0 Å². The Labute approximate surface area is 184 Å². The molecule has 31 heavy (non-hydrogen) atoms. The number of anilines is 1. The van der Waals surface area contributed by atoms with E-state index in [1.165, 1.54) is 11.8 Å². The minimum absolute atomic E-state index is 0.0322. The van der Waals surface area contributed by atoms with Crippen LogP contribution in [0, 0.1) is 17.0 Å². The third-order valence-electron chi connectivity index (χ3n) is 4.16. The van der Waals surface area contributed by atoms with E-state index in [1.807, 2.05) is 47.9 Å². The first kappa shape index (κ1) is 20.6. The molecule has 0 spiro atoms. The molecular formula is C19H15N7O3S2. The predicted octanol–water partition coefficient (Wildman–Crippen LogP) is 3.73. The van der Waals surface area contributed by atoms with Gasteiger partial charge >= 0.3 is 5.00 Å². The van der Waals surface area contributed by atoms with Gasteiger partial charge in [0.1, 0.15) is 6.20 Å². The van der Waals surface area contributed by atoms with Crippen LogP contribution in [0.25, 0.3) is 17.1 Å². The number of pyridine rings is 1. The number of para-hydroxylation sites is 1. The fourth-order valence-corrected chi connectivity index (χ4v) is 4.16. The highest BCUT2D eigenvalue weighted by Gasteiger charge is 2.19. The molecule has 0 atom stereocenters. The van der Waals surface area contributed by atoms with Gasteiger partial charge in [0.15, 0.2) is 16.1 Å². The summed E-state index contributed by atoms with van der Waals surface area (Å²) in [5.74, 6) is 0.294. The Kier molecular flexibility index (Phi) is 6.00. The quantitative estimate of drug-likeness (QED) is 0.255. The molecule has 12 heteroatoms. The molecule has 0 saturated carbocycles. The number of thiazole rings is 1. The summed E-state index contributed by atoms with van der Waals surface area (Å²) < 4.78 is 1.89. The average molecular weight is 454 g/mol. The summed E-state index contributed by atoms with van der Waals surface area (Å²) in [4.78, 5) is 30.6. The van der Waals surface area contributed by atoms with Crippen molar-refractivity contribution < 1.29 is 9.72 Å². The summed E-state index contributed by atoms with van der Waals surface area (Å²) in [6.07, 6.45) is 4.50. The van der Waals surface area contributed by atoms with Crippen LogP contribution in [0.4, 0.5) is 10.1 Å². The zero-order valence-corrected chi connectivity index (χ0v) is 17.8. The van der Waals surface area contributed by atoms with Gasteiger partial charge in [0.05, 0.1) is 16.4 Å². The number of rotatable bonds is 7. The molecule has 0 radical (unpaired) electrons. The van der Waals surface area contributed by atoms with Crippen LogP contribution in [0.1, 0.15) is 5.56 Å². The standard InChI is InChI=1S/C19H15N7O3S2/c1-12-5-2-3-7-14(12)25-17(13-6-4-8-20-9-13)23-24-19(25)30-11-15(27)22-18-21-10-16(31-18)26(28)29/h2-10H,11H2,1H3,(H,21,22,27). The lowest BCUT2D eigenvalue weighted by Crippen LogP contribution is -2.14. The molecule has 0 fully saturated rings. The van der Waals surface area contributed by atoms with Crippen LogP contribution < -0.4 is 5.32 Å². The van der Waals surface area contributed by atoms with Gasteiger partial charge in [-0.05, 0) is 42.0 Å². The Morgan fingerprint density at radius 2 is 2.06 bits per heavy atom.